The molecule has 35 heavy (non-hydrogen) atoms. The zero-order valence-electron chi connectivity index (χ0n) is 21.4. The van der Waals surface area contributed by atoms with Gasteiger partial charge in [-0.3, -0.25) is 14.6 Å². The van der Waals surface area contributed by atoms with Crippen LogP contribution < -0.4 is 5.32 Å². The second-order valence-electron chi connectivity index (χ2n) is 10.7. The first kappa shape index (κ1) is 27.6. The fourth-order valence-electron chi connectivity index (χ4n) is 4.74. The van der Waals surface area contributed by atoms with Crippen molar-refractivity contribution in [2.75, 3.05) is 58.6 Å². The van der Waals surface area contributed by atoms with E-state index in [0.29, 0.717) is 44.8 Å². The molecule has 2 bridgehead atoms. The Morgan fingerprint density at radius 1 is 1.11 bits per heavy atom. The fourth-order valence-corrected chi connectivity index (χ4v) is 5.61. The highest BCUT2D eigenvalue weighted by molar-refractivity contribution is 7.88. The number of fused-ring (bicyclic) bond motifs is 2. The van der Waals surface area contributed by atoms with E-state index < -0.39 is 10.0 Å². The van der Waals surface area contributed by atoms with Crippen LogP contribution in [0.3, 0.4) is 0 Å². The standard InChI is InChI=1S/C25H39N5O4S/c1-25(2,3)27-24(31)19-29-17-22-15-28(16-23(18-29)34-22)12-13-30(35(4,32)33)11-5-6-20-7-9-21(14-26)10-8-20/h7-10,22-23H,5-6,11-13,15-19H2,1-4H3,(H,27,31). The number of ether oxygens (including phenoxy) is 1. The van der Waals surface area contributed by atoms with E-state index in [1.165, 1.54) is 6.26 Å². The number of rotatable bonds is 10. The lowest BCUT2D eigenvalue weighted by molar-refractivity contribution is -0.145. The van der Waals surface area contributed by atoms with Crippen molar-refractivity contribution in [1.29, 1.82) is 5.26 Å². The van der Waals surface area contributed by atoms with Crippen LogP contribution in [0.1, 0.15) is 38.3 Å². The molecule has 2 aliphatic heterocycles. The molecule has 2 saturated heterocycles. The summed E-state index contributed by atoms with van der Waals surface area (Å²) in [7, 11) is -3.31. The number of benzene rings is 1. The third kappa shape index (κ3) is 9.17. The summed E-state index contributed by atoms with van der Waals surface area (Å²) in [5.74, 6) is 0.0270. The van der Waals surface area contributed by atoms with Crippen LogP contribution in [-0.4, -0.2) is 105 Å². The van der Waals surface area contributed by atoms with E-state index in [-0.39, 0.29) is 23.7 Å². The molecule has 2 aliphatic rings. The Kier molecular flexibility index (Phi) is 9.29. The molecule has 3 rings (SSSR count). The van der Waals surface area contributed by atoms with E-state index in [2.05, 4.69) is 21.2 Å². The van der Waals surface area contributed by atoms with Crippen molar-refractivity contribution < 1.29 is 17.9 Å². The van der Waals surface area contributed by atoms with Crippen LogP contribution in [0.5, 0.6) is 0 Å². The number of carbonyl (C=O) groups excluding carboxylic acids is 1. The van der Waals surface area contributed by atoms with Gasteiger partial charge in [-0.1, -0.05) is 12.1 Å². The third-order valence-electron chi connectivity index (χ3n) is 6.20. The lowest BCUT2D eigenvalue weighted by Crippen LogP contribution is -2.61. The van der Waals surface area contributed by atoms with Gasteiger partial charge in [0, 0.05) is 51.4 Å². The van der Waals surface area contributed by atoms with E-state index in [4.69, 9.17) is 10.00 Å². The Hall–Kier alpha value is -2.03. The number of aryl methyl sites for hydroxylation is 1. The molecule has 2 unspecified atom stereocenters. The summed E-state index contributed by atoms with van der Waals surface area (Å²) in [6.07, 6.45) is 2.79. The average Bonchev–Trinajstić information content (AvgIpc) is 2.73. The molecule has 1 aromatic rings. The smallest absolute Gasteiger partial charge is 0.234 e. The van der Waals surface area contributed by atoms with Gasteiger partial charge in [0.05, 0.1) is 36.6 Å². The molecule has 10 heteroatoms. The number of sulfonamides is 1. The second kappa shape index (κ2) is 11.8. The molecule has 1 N–H and O–H groups in total. The normalized spacial score (nSPS) is 21.6. The van der Waals surface area contributed by atoms with Gasteiger partial charge in [0.15, 0.2) is 0 Å². The lowest BCUT2D eigenvalue weighted by Gasteiger charge is -2.46. The molecule has 0 aromatic heterocycles. The van der Waals surface area contributed by atoms with Crippen molar-refractivity contribution in [3.8, 4) is 6.07 Å². The van der Waals surface area contributed by atoms with Crippen molar-refractivity contribution in [3.05, 3.63) is 35.4 Å². The van der Waals surface area contributed by atoms with Gasteiger partial charge in [0.2, 0.25) is 15.9 Å². The monoisotopic (exact) mass is 505 g/mol. The first-order chi connectivity index (χ1) is 16.4. The predicted molar refractivity (Wildman–Crippen MR) is 135 cm³/mol. The van der Waals surface area contributed by atoms with Gasteiger partial charge in [0.25, 0.3) is 0 Å². The topological polar surface area (TPSA) is 106 Å². The molecule has 194 valence electrons. The van der Waals surface area contributed by atoms with Crippen LogP contribution >= 0.6 is 0 Å². The second-order valence-corrected chi connectivity index (χ2v) is 12.7. The number of hydrogen-bond acceptors (Lipinski definition) is 7. The Balaban J connectivity index is 1.45. The van der Waals surface area contributed by atoms with Crippen molar-refractivity contribution in [2.45, 2.75) is 51.4 Å². The van der Waals surface area contributed by atoms with E-state index in [1.54, 1.807) is 16.4 Å². The maximum absolute atomic E-state index is 12.4. The molecule has 0 spiro atoms. The van der Waals surface area contributed by atoms with E-state index in [1.807, 2.05) is 32.9 Å². The van der Waals surface area contributed by atoms with Gasteiger partial charge in [0.1, 0.15) is 0 Å². The van der Waals surface area contributed by atoms with Gasteiger partial charge in [-0.2, -0.15) is 5.26 Å². The molecule has 0 radical (unpaired) electrons. The van der Waals surface area contributed by atoms with E-state index in [9.17, 15) is 13.2 Å². The Morgan fingerprint density at radius 3 is 2.26 bits per heavy atom. The summed E-state index contributed by atoms with van der Waals surface area (Å²) in [6.45, 7) is 10.7. The molecular formula is C25H39N5O4S. The van der Waals surface area contributed by atoms with Gasteiger partial charge in [-0.25, -0.2) is 12.7 Å². The minimum atomic E-state index is -3.31. The van der Waals surface area contributed by atoms with Crippen LogP contribution in [0.4, 0.5) is 0 Å². The van der Waals surface area contributed by atoms with E-state index >= 15 is 0 Å². The first-order valence-corrected chi connectivity index (χ1v) is 14.1. The number of nitrogens with one attached hydrogen (secondary N) is 1. The fraction of sp³-hybridized carbons (Fsp3) is 0.680. The molecule has 1 aromatic carbocycles. The summed E-state index contributed by atoms with van der Waals surface area (Å²) in [5, 5.41) is 11.9. The number of nitriles is 1. The molecule has 2 atom stereocenters. The Morgan fingerprint density at radius 2 is 1.71 bits per heavy atom. The van der Waals surface area contributed by atoms with Gasteiger partial charge in [-0.05, 0) is 51.3 Å². The summed E-state index contributed by atoms with van der Waals surface area (Å²) >= 11 is 0. The molecule has 2 heterocycles. The summed E-state index contributed by atoms with van der Waals surface area (Å²) in [6, 6.07) is 9.53. The molecule has 2 fully saturated rings. The van der Waals surface area contributed by atoms with Crippen molar-refractivity contribution >= 4 is 15.9 Å². The number of nitrogens with zero attached hydrogens (tertiary/aromatic N) is 4. The van der Waals surface area contributed by atoms with Crippen LogP contribution in [-0.2, 0) is 26.0 Å². The van der Waals surface area contributed by atoms with Gasteiger partial charge in [-0.15, -0.1) is 0 Å². The highest BCUT2D eigenvalue weighted by atomic mass is 32.2. The van der Waals surface area contributed by atoms with Crippen molar-refractivity contribution in [3.63, 3.8) is 0 Å². The minimum absolute atomic E-state index is 0.0213. The summed E-state index contributed by atoms with van der Waals surface area (Å²) in [5.41, 5.74) is 1.47. The number of morpholine rings is 2. The van der Waals surface area contributed by atoms with Crippen LogP contribution in [0.15, 0.2) is 24.3 Å². The average molecular weight is 506 g/mol. The predicted octanol–water partition coefficient (Wildman–Crippen LogP) is 1.05. The quantitative estimate of drug-likeness (QED) is 0.507. The van der Waals surface area contributed by atoms with Crippen LogP contribution in [0, 0.1) is 11.3 Å². The Labute approximate surface area is 210 Å². The largest absolute Gasteiger partial charge is 0.370 e. The summed E-state index contributed by atoms with van der Waals surface area (Å²) in [4.78, 5) is 16.7. The van der Waals surface area contributed by atoms with Gasteiger partial charge < -0.3 is 10.1 Å². The van der Waals surface area contributed by atoms with Crippen LogP contribution in [0.2, 0.25) is 0 Å². The maximum Gasteiger partial charge on any atom is 0.234 e. The number of carbonyl (C=O) groups is 1. The molecule has 1 amide bonds. The number of amides is 1. The molecule has 9 nitrogen and oxygen atoms in total. The third-order valence-corrected chi connectivity index (χ3v) is 7.51. The van der Waals surface area contributed by atoms with Gasteiger partial charge >= 0.3 is 0 Å². The summed E-state index contributed by atoms with van der Waals surface area (Å²) < 4.78 is 32.4. The zero-order chi connectivity index (χ0) is 25.6. The number of hydrogen-bond donors (Lipinski definition) is 1. The van der Waals surface area contributed by atoms with Crippen molar-refractivity contribution in [1.82, 2.24) is 19.4 Å². The van der Waals surface area contributed by atoms with Crippen molar-refractivity contribution in [2.24, 2.45) is 0 Å². The Bertz CT molecular complexity index is 986. The van der Waals surface area contributed by atoms with Crippen LogP contribution in [0.25, 0.3) is 0 Å². The highest BCUT2D eigenvalue weighted by Crippen LogP contribution is 2.19. The lowest BCUT2D eigenvalue weighted by atomic mass is 10.1. The molecule has 0 saturated carbocycles. The van der Waals surface area contributed by atoms with E-state index in [0.717, 1.165) is 31.5 Å². The zero-order valence-corrected chi connectivity index (χ0v) is 22.2. The SMILES string of the molecule is CC(C)(C)NC(=O)CN1CC2CN(CCN(CCCc3ccc(C#N)cc3)S(C)(=O)=O)CC(C1)O2. The minimum Gasteiger partial charge on any atom is -0.370 e. The first-order valence-electron chi connectivity index (χ1n) is 12.3. The highest BCUT2D eigenvalue weighted by Gasteiger charge is 2.35. The maximum atomic E-state index is 12.4. The molecular weight excluding hydrogens is 466 g/mol. The molecule has 0 aliphatic carbocycles.